The predicted octanol–water partition coefficient (Wildman–Crippen LogP) is 5.77. The van der Waals surface area contributed by atoms with Gasteiger partial charge in [-0.1, -0.05) is 54.6 Å². The fourth-order valence-corrected chi connectivity index (χ4v) is 4.84. The maximum atomic E-state index is 12.6. The molecule has 3 aromatic rings. The van der Waals surface area contributed by atoms with Gasteiger partial charge in [-0.3, -0.25) is 4.79 Å². The number of carbonyl (C=O) groups excluding carboxylic acids is 1. The lowest BCUT2D eigenvalue weighted by Crippen LogP contribution is -2.23. The zero-order valence-corrected chi connectivity index (χ0v) is 17.3. The number of carbonyl (C=O) groups is 1. The Bertz CT molecular complexity index is 1050. The summed E-state index contributed by atoms with van der Waals surface area (Å²) in [5, 5.41) is 5.22. The van der Waals surface area contributed by atoms with Crippen LogP contribution in [0.3, 0.4) is 0 Å². The lowest BCUT2D eigenvalue weighted by atomic mass is 9.88. The molecule has 2 heterocycles. The summed E-state index contributed by atoms with van der Waals surface area (Å²) in [7, 11) is 1.62. The summed E-state index contributed by atoms with van der Waals surface area (Å²) in [6.07, 6.45) is 2.08. The van der Waals surface area contributed by atoms with Crippen molar-refractivity contribution in [1.29, 1.82) is 0 Å². The average molecular weight is 406 g/mol. The van der Waals surface area contributed by atoms with Crippen molar-refractivity contribution in [1.82, 2.24) is 0 Å². The molecule has 0 saturated heterocycles. The molecule has 0 fully saturated rings. The van der Waals surface area contributed by atoms with Gasteiger partial charge in [0.15, 0.2) is 11.5 Å². The third kappa shape index (κ3) is 3.66. The fraction of sp³-hybridized carbons (Fsp3) is 0.208. The van der Waals surface area contributed by atoms with Crippen LogP contribution in [0, 0.1) is 6.92 Å². The quantitative estimate of drug-likeness (QED) is 0.530. The maximum absolute atomic E-state index is 12.6. The number of hydrogen-bond acceptors (Lipinski definition) is 4. The molecule has 29 heavy (non-hydrogen) atoms. The molecule has 0 radical (unpaired) electrons. The van der Waals surface area contributed by atoms with Gasteiger partial charge in [-0.2, -0.15) is 0 Å². The van der Waals surface area contributed by atoms with E-state index in [9.17, 15) is 4.79 Å². The number of rotatable bonds is 6. The number of nitrogens with one attached hydrogen (secondary N) is 1. The SMILES string of the molecule is C=CCOc1c(OC)cccc1[C@H]1CC(=O)Nc2c(-c3ccc(C)cc3)csc21. The monoisotopic (exact) mass is 405 g/mol. The number of hydrogen-bond donors (Lipinski definition) is 1. The van der Waals surface area contributed by atoms with Crippen molar-refractivity contribution >= 4 is 22.9 Å². The highest BCUT2D eigenvalue weighted by Gasteiger charge is 2.33. The van der Waals surface area contributed by atoms with Gasteiger partial charge in [0.05, 0.1) is 12.8 Å². The highest BCUT2D eigenvalue weighted by molar-refractivity contribution is 7.11. The van der Waals surface area contributed by atoms with E-state index in [1.807, 2.05) is 18.2 Å². The van der Waals surface area contributed by atoms with E-state index in [4.69, 9.17) is 9.47 Å². The Morgan fingerprint density at radius 3 is 2.76 bits per heavy atom. The second kappa shape index (κ2) is 8.13. The standard InChI is InChI=1S/C24H23NO3S/c1-4-12-28-23-17(6-5-7-20(23)27-3)18-13-21(26)25-22-19(14-29-24(18)22)16-10-8-15(2)9-11-16/h4-11,14,18H,1,12-13H2,2-3H3,(H,25,26)/t18-/m1/s1. The molecule has 4 rings (SSSR count). The minimum absolute atomic E-state index is 0.00625. The zero-order chi connectivity index (χ0) is 20.4. The minimum atomic E-state index is -0.0853. The molecule has 0 spiro atoms. The molecule has 0 aliphatic carbocycles. The Morgan fingerprint density at radius 1 is 1.24 bits per heavy atom. The topological polar surface area (TPSA) is 47.6 Å². The molecular formula is C24H23NO3S. The number of anilines is 1. The molecule has 5 heteroatoms. The normalized spacial score (nSPS) is 15.4. The molecule has 148 valence electrons. The molecule has 1 N–H and O–H groups in total. The van der Waals surface area contributed by atoms with Gasteiger partial charge in [0.1, 0.15) is 6.61 Å². The minimum Gasteiger partial charge on any atom is -0.493 e. The second-order valence-electron chi connectivity index (χ2n) is 7.04. The largest absolute Gasteiger partial charge is 0.493 e. The van der Waals surface area contributed by atoms with Gasteiger partial charge in [-0.15, -0.1) is 11.3 Å². The van der Waals surface area contributed by atoms with Gasteiger partial charge < -0.3 is 14.8 Å². The highest BCUT2D eigenvalue weighted by Crippen LogP contribution is 2.49. The predicted molar refractivity (Wildman–Crippen MR) is 118 cm³/mol. The number of amides is 1. The lowest BCUT2D eigenvalue weighted by molar-refractivity contribution is -0.116. The van der Waals surface area contributed by atoms with E-state index in [0.29, 0.717) is 24.5 Å². The Labute approximate surface area is 174 Å². The number of aryl methyl sites for hydroxylation is 1. The van der Waals surface area contributed by atoms with E-state index in [1.165, 1.54) is 5.56 Å². The lowest BCUT2D eigenvalue weighted by Gasteiger charge is -2.26. The number of ether oxygens (including phenoxy) is 2. The van der Waals surface area contributed by atoms with E-state index in [0.717, 1.165) is 27.3 Å². The van der Waals surface area contributed by atoms with Crippen LogP contribution in [0.2, 0.25) is 0 Å². The maximum Gasteiger partial charge on any atom is 0.225 e. The molecule has 2 aromatic carbocycles. The van der Waals surface area contributed by atoms with Crippen molar-refractivity contribution in [2.24, 2.45) is 0 Å². The van der Waals surface area contributed by atoms with Gasteiger partial charge in [0.2, 0.25) is 5.91 Å². The van der Waals surface area contributed by atoms with Gasteiger partial charge in [0, 0.05) is 33.7 Å². The molecule has 1 aromatic heterocycles. The first-order valence-corrected chi connectivity index (χ1v) is 10.4. The summed E-state index contributed by atoms with van der Waals surface area (Å²) < 4.78 is 11.5. The van der Waals surface area contributed by atoms with Crippen molar-refractivity contribution in [3.8, 4) is 22.6 Å². The first-order chi connectivity index (χ1) is 14.1. The highest BCUT2D eigenvalue weighted by atomic mass is 32.1. The Morgan fingerprint density at radius 2 is 2.03 bits per heavy atom. The van der Waals surface area contributed by atoms with Crippen LogP contribution in [0.4, 0.5) is 5.69 Å². The molecular weight excluding hydrogens is 382 g/mol. The fourth-order valence-electron chi connectivity index (χ4n) is 3.69. The van der Waals surface area contributed by atoms with E-state index in [1.54, 1.807) is 24.5 Å². The smallest absolute Gasteiger partial charge is 0.225 e. The van der Waals surface area contributed by atoms with Crippen LogP contribution in [0.1, 0.15) is 28.3 Å². The molecule has 1 aliphatic heterocycles. The molecule has 1 aliphatic rings. The molecule has 0 bridgehead atoms. The first kappa shape index (κ1) is 19.3. The number of thiophene rings is 1. The Balaban J connectivity index is 1.82. The second-order valence-corrected chi connectivity index (χ2v) is 7.95. The molecule has 1 atom stereocenters. The van der Waals surface area contributed by atoms with Crippen LogP contribution < -0.4 is 14.8 Å². The van der Waals surface area contributed by atoms with Crippen LogP contribution in [0.5, 0.6) is 11.5 Å². The van der Waals surface area contributed by atoms with Crippen molar-refractivity contribution in [2.45, 2.75) is 19.3 Å². The molecule has 1 amide bonds. The molecule has 0 saturated carbocycles. The summed E-state index contributed by atoms with van der Waals surface area (Å²) in [4.78, 5) is 13.8. The van der Waals surface area contributed by atoms with Crippen LogP contribution in [-0.4, -0.2) is 19.6 Å². The van der Waals surface area contributed by atoms with E-state index >= 15 is 0 Å². The third-order valence-corrected chi connectivity index (χ3v) is 6.20. The van der Waals surface area contributed by atoms with Crippen molar-refractivity contribution in [3.05, 3.63) is 76.5 Å². The number of fused-ring (bicyclic) bond motifs is 1. The van der Waals surface area contributed by atoms with E-state index < -0.39 is 0 Å². The Kier molecular flexibility index (Phi) is 5.41. The summed E-state index contributed by atoms with van der Waals surface area (Å²) in [5.41, 5.74) is 5.22. The summed E-state index contributed by atoms with van der Waals surface area (Å²) in [6.45, 7) is 6.18. The van der Waals surface area contributed by atoms with Gasteiger partial charge in [0.25, 0.3) is 0 Å². The zero-order valence-electron chi connectivity index (χ0n) is 16.5. The molecule has 4 nitrogen and oxygen atoms in total. The van der Waals surface area contributed by atoms with Gasteiger partial charge in [-0.05, 0) is 18.6 Å². The van der Waals surface area contributed by atoms with Crippen molar-refractivity contribution < 1.29 is 14.3 Å². The van der Waals surface area contributed by atoms with E-state index in [-0.39, 0.29) is 11.8 Å². The van der Waals surface area contributed by atoms with Crippen LogP contribution in [-0.2, 0) is 4.79 Å². The average Bonchev–Trinajstić information content (AvgIpc) is 3.15. The first-order valence-electron chi connectivity index (χ1n) is 9.51. The number of methoxy groups -OCH3 is 1. The van der Waals surface area contributed by atoms with Crippen LogP contribution in [0.15, 0.2) is 60.5 Å². The third-order valence-electron chi connectivity index (χ3n) is 5.10. The molecule has 0 unspecified atom stereocenters. The van der Waals surface area contributed by atoms with Crippen LogP contribution >= 0.6 is 11.3 Å². The van der Waals surface area contributed by atoms with Crippen molar-refractivity contribution in [3.63, 3.8) is 0 Å². The summed E-state index contributed by atoms with van der Waals surface area (Å²) in [5.74, 6) is 1.25. The number of benzene rings is 2. The van der Waals surface area contributed by atoms with Crippen molar-refractivity contribution in [2.75, 3.05) is 19.0 Å². The summed E-state index contributed by atoms with van der Waals surface area (Å²) >= 11 is 1.67. The van der Waals surface area contributed by atoms with Gasteiger partial charge >= 0.3 is 0 Å². The van der Waals surface area contributed by atoms with Gasteiger partial charge in [-0.25, -0.2) is 0 Å². The van der Waals surface area contributed by atoms with Crippen LogP contribution in [0.25, 0.3) is 11.1 Å². The van der Waals surface area contributed by atoms with E-state index in [2.05, 4.69) is 48.5 Å². The Hall–Kier alpha value is -3.05. The number of para-hydroxylation sites is 1. The summed E-state index contributed by atoms with van der Waals surface area (Å²) in [6, 6.07) is 14.2.